The molecule has 1 atom stereocenters. The van der Waals surface area contributed by atoms with Crippen molar-refractivity contribution in [1.82, 2.24) is 9.59 Å². The van der Waals surface area contributed by atoms with E-state index in [9.17, 15) is 9.50 Å². The quantitative estimate of drug-likeness (QED) is 0.933. The largest absolute Gasteiger partial charge is 0.387 e. The normalized spacial score (nSPS) is 12.9. The second-order valence-corrected chi connectivity index (χ2v) is 5.75. The molecule has 0 radical (unpaired) electrons. The molecule has 5 heteroatoms. The number of hydrogen-bond acceptors (Lipinski definition) is 4. The second-order valence-electron chi connectivity index (χ2n) is 4.97. The minimum Gasteiger partial charge on any atom is -0.387 e. The van der Waals surface area contributed by atoms with Crippen molar-refractivity contribution in [3.8, 4) is 0 Å². The molecule has 1 unspecified atom stereocenters. The zero-order valence-corrected chi connectivity index (χ0v) is 12.0. The number of aliphatic hydroxyl groups is 1. The molecule has 3 nitrogen and oxygen atoms in total. The fourth-order valence-electron chi connectivity index (χ4n) is 2.00. The van der Waals surface area contributed by atoms with E-state index in [-0.39, 0.29) is 11.7 Å². The van der Waals surface area contributed by atoms with E-state index in [2.05, 4.69) is 9.59 Å². The molecule has 0 saturated heterocycles. The first kappa shape index (κ1) is 14.1. The van der Waals surface area contributed by atoms with Crippen LogP contribution >= 0.6 is 11.5 Å². The lowest BCUT2D eigenvalue weighted by molar-refractivity contribution is 0.180. The Morgan fingerprint density at radius 3 is 2.79 bits per heavy atom. The van der Waals surface area contributed by atoms with Crippen LogP contribution in [0.15, 0.2) is 18.2 Å². The smallest absolute Gasteiger partial charge is 0.123 e. The molecule has 0 amide bonds. The number of hydrogen-bond donors (Lipinski definition) is 1. The highest BCUT2D eigenvalue weighted by molar-refractivity contribution is 7.05. The molecule has 0 fully saturated rings. The number of halogens is 1. The lowest BCUT2D eigenvalue weighted by Crippen LogP contribution is -2.05. The summed E-state index contributed by atoms with van der Waals surface area (Å²) in [6, 6.07) is 4.63. The van der Waals surface area contributed by atoms with Gasteiger partial charge in [0.15, 0.2) is 0 Å². The van der Waals surface area contributed by atoms with Gasteiger partial charge >= 0.3 is 0 Å². The molecule has 0 aliphatic heterocycles. The van der Waals surface area contributed by atoms with Crippen molar-refractivity contribution >= 4 is 11.5 Å². The monoisotopic (exact) mass is 280 g/mol. The molecule has 0 bridgehead atoms. The summed E-state index contributed by atoms with van der Waals surface area (Å²) in [7, 11) is 0. The van der Waals surface area contributed by atoms with Gasteiger partial charge in [-0.2, -0.15) is 0 Å². The molecule has 1 heterocycles. The Bertz CT molecular complexity index is 568. The Balaban J connectivity index is 2.23. The summed E-state index contributed by atoms with van der Waals surface area (Å²) in [6.45, 7) is 5.94. The summed E-state index contributed by atoms with van der Waals surface area (Å²) < 4.78 is 17.1. The zero-order valence-electron chi connectivity index (χ0n) is 11.2. The maximum Gasteiger partial charge on any atom is 0.123 e. The fourth-order valence-corrected chi connectivity index (χ4v) is 2.79. The predicted molar refractivity (Wildman–Crippen MR) is 73.8 cm³/mol. The van der Waals surface area contributed by atoms with E-state index in [1.54, 1.807) is 6.07 Å². The van der Waals surface area contributed by atoms with Crippen molar-refractivity contribution in [2.24, 2.45) is 0 Å². The summed E-state index contributed by atoms with van der Waals surface area (Å²) in [4.78, 5) is 0.777. The number of aromatic nitrogens is 2. The third-order valence-corrected chi connectivity index (χ3v) is 3.96. The van der Waals surface area contributed by atoms with E-state index in [1.807, 2.05) is 20.8 Å². The Morgan fingerprint density at radius 2 is 2.11 bits per heavy atom. The minimum absolute atomic E-state index is 0.219. The van der Waals surface area contributed by atoms with E-state index >= 15 is 0 Å². The van der Waals surface area contributed by atoms with Gasteiger partial charge in [0.05, 0.1) is 16.7 Å². The Kier molecular flexibility index (Phi) is 4.27. The average Bonchev–Trinajstić information content (AvgIpc) is 2.83. The molecule has 0 spiro atoms. The minimum atomic E-state index is -0.683. The number of nitrogens with zero attached hydrogens (tertiary/aromatic N) is 2. The third kappa shape index (κ3) is 3.16. The van der Waals surface area contributed by atoms with Crippen LogP contribution in [0.1, 0.15) is 47.6 Å². The maximum atomic E-state index is 13.2. The molecule has 0 aliphatic carbocycles. The number of rotatable bonds is 4. The molecule has 1 aromatic carbocycles. The molecule has 2 aromatic rings. The van der Waals surface area contributed by atoms with Crippen LogP contribution in [-0.4, -0.2) is 14.7 Å². The summed E-state index contributed by atoms with van der Waals surface area (Å²) in [5.41, 5.74) is 2.62. The van der Waals surface area contributed by atoms with Gasteiger partial charge in [-0.05, 0) is 47.6 Å². The van der Waals surface area contributed by atoms with Crippen molar-refractivity contribution < 1.29 is 9.50 Å². The highest BCUT2D eigenvalue weighted by atomic mass is 32.1. The van der Waals surface area contributed by atoms with Crippen LogP contribution in [0.3, 0.4) is 0 Å². The van der Waals surface area contributed by atoms with Gasteiger partial charge in [0, 0.05) is 6.42 Å². The number of aliphatic hydroxyl groups excluding tert-OH is 1. The van der Waals surface area contributed by atoms with Gasteiger partial charge < -0.3 is 5.11 Å². The lowest BCUT2D eigenvalue weighted by Gasteiger charge is -2.13. The van der Waals surface area contributed by atoms with Crippen molar-refractivity contribution in [2.45, 2.75) is 39.2 Å². The van der Waals surface area contributed by atoms with Crippen LogP contribution < -0.4 is 0 Å². The number of benzene rings is 1. The molecular weight excluding hydrogens is 263 g/mol. The van der Waals surface area contributed by atoms with Crippen LogP contribution in [0.25, 0.3) is 0 Å². The maximum absolute atomic E-state index is 13.2. The van der Waals surface area contributed by atoms with Gasteiger partial charge in [-0.1, -0.05) is 24.4 Å². The van der Waals surface area contributed by atoms with Crippen molar-refractivity contribution in [1.29, 1.82) is 0 Å². The standard InChI is InChI=1S/C14H17FN2OS/c1-8(2)13-14(19-17-16-13)12(18)7-10-6-11(15)5-4-9(10)3/h4-6,8,12,18H,7H2,1-3H3. The fraction of sp³-hybridized carbons (Fsp3) is 0.429. The van der Waals surface area contributed by atoms with Gasteiger partial charge in [-0.3, -0.25) is 0 Å². The SMILES string of the molecule is Cc1ccc(F)cc1CC(O)c1snnc1C(C)C. The molecule has 0 aliphatic rings. The molecule has 2 rings (SSSR count). The van der Waals surface area contributed by atoms with E-state index in [1.165, 1.54) is 23.7 Å². The average molecular weight is 280 g/mol. The van der Waals surface area contributed by atoms with E-state index in [0.29, 0.717) is 6.42 Å². The molecule has 19 heavy (non-hydrogen) atoms. The van der Waals surface area contributed by atoms with Crippen molar-refractivity contribution in [3.63, 3.8) is 0 Å². The van der Waals surface area contributed by atoms with Crippen molar-refractivity contribution in [2.75, 3.05) is 0 Å². The zero-order chi connectivity index (χ0) is 14.0. The van der Waals surface area contributed by atoms with Gasteiger partial charge in [0.25, 0.3) is 0 Å². The van der Waals surface area contributed by atoms with E-state index in [0.717, 1.165) is 21.7 Å². The van der Waals surface area contributed by atoms with Crippen LogP contribution in [0.4, 0.5) is 4.39 Å². The first-order valence-electron chi connectivity index (χ1n) is 6.24. The molecule has 102 valence electrons. The Hall–Kier alpha value is -1.33. The topological polar surface area (TPSA) is 46.0 Å². The predicted octanol–water partition coefficient (Wildman–Crippen LogP) is 3.39. The van der Waals surface area contributed by atoms with Crippen LogP contribution in [0.2, 0.25) is 0 Å². The molecular formula is C14H17FN2OS. The van der Waals surface area contributed by atoms with E-state index in [4.69, 9.17) is 0 Å². The summed E-state index contributed by atoms with van der Waals surface area (Å²) in [6.07, 6.45) is -0.300. The first-order valence-corrected chi connectivity index (χ1v) is 7.01. The first-order chi connectivity index (χ1) is 8.99. The highest BCUT2D eigenvalue weighted by Crippen LogP contribution is 2.29. The molecule has 1 aromatic heterocycles. The van der Waals surface area contributed by atoms with Gasteiger partial charge in [0.2, 0.25) is 0 Å². The van der Waals surface area contributed by atoms with Gasteiger partial charge in [-0.25, -0.2) is 4.39 Å². The summed E-state index contributed by atoms with van der Waals surface area (Å²) in [5, 5.41) is 14.4. The van der Waals surface area contributed by atoms with E-state index < -0.39 is 6.10 Å². The number of aryl methyl sites for hydroxylation is 1. The third-order valence-electron chi connectivity index (χ3n) is 3.11. The summed E-state index contributed by atoms with van der Waals surface area (Å²) >= 11 is 1.21. The van der Waals surface area contributed by atoms with Crippen LogP contribution in [0, 0.1) is 12.7 Å². The molecule has 1 N–H and O–H groups in total. The van der Waals surface area contributed by atoms with Crippen LogP contribution in [-0.2, 0) is 6.42 Å². The summed E-state index contributed by atoms with van der Waals surface area (Å²) in [5.74, 6) is -0.0590. The second kappa shape index (κ2) is 5.75. The van der Waals surface area contributed by atoms with Crippen LogP contribution in [0.5, 0.6) is 0 Å². The Morgan fingerprint density at radius 1 is 1.37 bits per heavy atom. The lowest BCUT2D eigenvalue weighted by atomic mass is 9.99. The highest BCUT2D eigenvalue weighted by Gasteiger charge is 2.20. The Labute approximate surface area is 116 Å². The van der Waals surface area contributed by atoms with Gasteiger partial charge in [-0.15, -0.1) is 5.10 Å². The van der Waals surface area contributed by atoms with Gasteiger partial charge in [0.1, 0.15) is 5.82 Å². The molecule has 0 saturated carbocycles. The van der Waals surface area contributed by atoms with Crippen molar-refractivity contribution in [3.05, 3.63) is 45.7 Å².